The van der Waals surface area contributed by atoms with Gasteiger partial charge in [-0.1, -0.05) is 13.8 Å². The lowest BCUT2D eigenvalue weighted by Crippen LogP contribution is -2.13. The van der Waals surface area contributed by atoms with Crippen molar-refractivity contribution in [2.45, 2.75) is 63.4 Å². The van der Waals surface area contributed by atoms with E-state index in [0.29, 0.717) is 11.4 Å². The molecule has 2 atom stereocenters. The van der Waals surface area contributed by atoms with Crippen LogP contribution in [0.5, 0.6) is 0 Å². The third-order valence-electron chi connectivity index (χ3n) is 2.71. The van der Waals surface area contributed by atoms with Gasteiger partial charge in [0.1, 0.15) is 0 Å². The van der Waals surface area contributed by atoms with Gasteiger partial charge in [-0.05, 0) is 37.4 Å². The highest BCUT2D eigenvalue weighted by atomic mass is 32.2. The van der Waals surface area contributed by atoms with E-state index in [1.807, 2.05) is 11.8 Å². The first-order valence-electron chi connectivity index (χ1n) is 6.09. The Morgan fingerprint density at radius 2 is 2.27 bits per heavy atom. The number of aliphatic hydroxyl groups is 1. The van der Waals surface area contributed by atoms with Gasteiger partial charge in [-0.3, -0.25) is 0 Å². The molecule has 1 N–H and O–H groups in total. The monoisotopic (exact) mass is 232 g/mol. The molecular formula is C12H24O2S. The molecule has 15 heavy (non-hydrogen) atoms. The molecule has 90 valence electrons. The molecule has 2 unspecified atom stereocenters. The summed E-state index contributed by atoms with van der Waals surface area (Å²) < 4.78 is 5.55. The van der Waals surface area contributed by atoms with E-state index in [2.05, 4.69) is 13.8 Å². The molecule has 1 heterocycles. The Balaban J connectivity index is 1.93. The van der Waals surface area contributed by atoms with Crippen LogP contribution in [-0.2, 0) is 4.74 Å². The standard InChI is InChI=1S/C12H24O2S/c1-10(2)15-9-11(13)5-3-6-12-7-4-8-14-12/h10-13H,3-9H2,1-2H3. The Morgan fingerprint density at radius 1 is 1.47 bits per heavy atom. The normalized spacial score (nSPS) is 23.6. The first-order valence-corrected chi connectivity index (χ1v) is 7.14. The molecule has 0 amide bonds. The summed E-state index contributed by atoms with van der Waals surface area (Å²) in [6, 6.07) is 0. The van der Waals surface area contributed by atoms with Gasteiger partial charge in [-0.15, -0.1) is 0 Å². The first-order chi connectivity index (χ1) is 7.18. The Hall–Kier alpha value is 0.270. The largest absolute Gasteiger partial charge is 0.392 e. The molecule has 0 radical (unpaired) electrons. The summed E-state index contributed by atoms with van der Waals surface area (Å²) in [5, 5.41) is 10.3. The maximum Gasteiger partial charge on any atom is 0.0630 e. The van der Waals surface area contributed by atoms with E-state index in [9.17, 15) is 5.11 Å². The summed E-state index contributed by atoms with van der Waals surface area (Å²) in [6.45, 7) is 5.28. The Labute approximate surface area is 97.8 Å². The second kappa shape index (κ2) is 7.53. The summed E-state index contributed by atoms with van der Waals surface area (Å²) >= 11 is 1.84. The highest BCUT2D eigenvalue weighted by molar-refractivity contribution is 7.99. The summed E-state index contributed by atoms with van der Waals surface area (Å²) in [5.74, 6) is 0.878. The van der Waals surface area contributed by atoms with Crippen LogP contribution in [0.25, 0.3) is 0 Å². The summed E-state index contributed by atoms with van der Waals surface area (Å²) in [6.07, 6.45) is 5.95. The van der Waals surface area contributed by atoms with Crippen molar-refractivity contribution in [1.29, 1.82) is 0 Å². The highest BCUT2D eigenvalue weighted by Gasteiger charge is 2.15. The van der Waals surface area contributed by atoms with Crippen LogP contribution in [-0.4, -0.2) is 34.9 Å². The van der Waals surface area contributed by atoms with Crippen LogP contribution in [0.15, 0.2) is 0 Å². The van der Waals surface area contributed by atoms with Crippen LogP contribution < -0.4 is 0 Å². The molecule has 3 heteroatoms. The molecule has 1 saturated heterocycles. The fraction of sp³-hybridized carbons (Fsp3) is 1.00. The Bertz CT molecular complexity index is 156. The molecule has 0 spiro atoms. The van der Waals surface area contributed by atoms with Crippen molar-refractivity contribution in [3.8, 4) is 0 Å². The third-order valence-corrected chi connectivity index (χ3v) is 3.95. The van der Waals surface area contributed by atoms with Crippen LogP contribution >= 0.6 is 11.8 Å². The lowest BCUT2D eigenvalue weighted by molar-refractivity contribution is 0.0966. The zero-order valence-electron chi connectivity index (χ0n) is 9.95. The van der Waals surface area contributed by atoms with Crippen LogP contribution in [0.2, 0.25) is 0 Å². The first kappa shape index (κ1) is 13.3. The SMILES string of the molecule is CC(C)SCC(O)CCCC1CCCO1. The third kappa shape index (κ3) is 6.44. The zero-order chi connectivity index (χ0) is 11.1. The molecular weight excluding hydrogens is 208 g/mol. The minimum absolute atomic E-state index is 0.126. The van der Waals surface area contributed by atoms with Crippen LogP contribution in [0.4, 0.5) is 0 Å². The van der Waals surface area contributed by atoms with Crippen molar-refractivity contribution >= 4 is 11.8 Å². The molecule has 1 aliphatic rings. The van der Waals surface area contributed by atoms with Gasteiger partial charge < -0.3 is 9.84 Å². The van der Waals surface area contributed by atoms with Crippen LogP contribution in [0.3, 0.4) is 0 Å². The van der Waals surface area contributed by atoms with Crippen LogP contribution in [0.1, 0.15) is 46.0 Å². The predicted molar refractivity (Wildman–Crippen MR) is 66.4 cm³/mol. The summed E-state index contributed by atoms with van der Waals surface area (Å²) in [7, 11) is 0. The summed E-state index contributed by atoms with van der Waals surface area (Å²) in [5.41, 5.74) is 0. The minimum atomic E-state index is -0.126. The van der Waals surface area contributed by atoms with Gasteiger partial charge in [0.05, 0.1) is 12.2 Å². The lowest BCUT2D eigenvalue weighted by atomic mass is 10.1. The van der Waals surface area contributed by atoms with E-state index in [4.69, 9.17) is 4.74 Å². The molecule has 0 aromatic heterocycles. The Morgan fingerprint density at radius 3 is 2.87 bits per heavy atom. The van der Waals surface area contributed by atoms with Crippen molar-refractivity contribution < 1.29 is 9.84 Å². The van der Waals surface area contributed by atoms with Gasteiger partial charge in [-0.25, -0.2) is 0 Å². The van der Waals surface area contributed by atoms with Gasteiger partial charge in [0.2, 0.25) is 0 Å². The van der Waals surface area contributed by atoms with Crippen molar-refractivity contribution in [2.75, 3.05) is 12.4 Å². The van der Waals surface area contributed by atoms with E-state index < -0.39 is 0 Å². The second-order valence-electron chi connectivity index (χ2n) is 4.60. The van der Waals surface area contributed by atoms with Gasteiger partial charge in [-0.2, -0.15) is 11.8 Å². The van der Waals surface area contributed by atoms with E-state index >= 15 is 0 Å². The van der Waals surface area contributed by atoms with Crippen LogP contribution in [0, 0.1) is 0 Å². The average Bonchev–Trinajstić information content (AvgIpc) is 2.67. The second-order valence-corrected chi connectivity index (χ2v) is 6.21. The zero-order valence-corrected chi connectivity index (χ0v) is 10.8. The van der Waals surface area contributed by atoms with E-state index in [1.165, 1.54) is 12.8 Å². The number of ether oxygens (including phenoxy) is 1. The molecule has 0 aromatic carbocycles. The van der Waals surface area contributed by atoms with Crippen molar-refractivity contribution in [3.63, 3.8) is 0 Å². The van der Waals surface area contributed by atoms with Gasteiger partial charge in [0.15, 0.2) is 0 Å². The Kier molecular flexibility index (Phi) is 6.69. The highest BCUT2D eigenvalue weighted by Crippen LogP contribution is 2.19. The molecule has 0 bridgehead atoms. The summed E-state index contributed by atoms with van der Waals surface area (Å²) in [4.78, 5) is 0. The van der Waals surface area contributed by atoms with Gasteiger partial charge >= 0.3 is 0 Å². The van der Waals surface area contributed by atoms with Gasteiger partial charge in [0, 0.05) is 12.4 Å². The molecule has 0 saturated carbocycles. The number of hydrogen-bond donors (Lipinski definition) is 1. The smallest absolute Gasteiger partial charge is 0.0630 e. The minimum Gasteiger partial charge on any atom is -0.392 e. The van der Waals surface area contributed by atoms with Crippen molar-refractivity contribution in [3.05, 3.63) is 0 Å². The van der Waals surface area contributed by atoms with E-state index in [0.717, 1.165) is 31.6 Å². The van der Waals surface area contributed by atoms with Crippen molar-refractivity contribution in [1.82, 2.24) is 0 Å². The average molecular weight is 232 g/mol. The number of aliphatic hydroxyl groups excluding tert-OH is 1. The topological polar surface area (TPSA) is 29.5 Å². The molecule has 0 aromatic rings. The van der Waals surface area contributed by atoms with Gasteiger partial charge in [0.25, 0.3) is 0 Å². The number of rotatable bonds is 7. The lowest BCUT2D eigenvalue weighted by Gasteiger charge is -2.13. The predicted octanol–water partition coefficient (Wildman–Crippen LogP) is 2.84. The quantitative estimate of drug-likeness (QED) is 0.732. The molecule has 1 fully saturated rings. The molecule has 1 rings (SSSR count). The fourth-order valence-corrected chi connectivity index (χ4v) is 2.61. The van der Waals surface area contributed by atoms with E-state index in [-0.39, 0.29) is 6.10 Å². The number of thioether (sulfide) groups is 1. The maximum atomic E-state index is 9.71. The maximum absolute atomic E-state index is 9.71. The fourth-order valence-electron chi connectivity index (χ4n) is 1.84. The van der Waals surface area contributed by atoms with E-state index in [1.54, 1.807) is 0 Å². The molecule has 0 aliphatic carbocycles. The molecule has 1 aliphatic heterocycles. The number of hydrogen-bond acceptors (Lipinski definition) is 3. The van der Waals surface area contributed by atoms with Crippen molar-refractivity contribution in [2.24, 2.45) is 0 Å². The molecule has 2 nitrogen and oxygen atoms in total.